The van der Waals surface area contributed by atoms with E-state index in [2.05, 4.69) is 27.6 Å². The van der Waals surface area contributed by atoms with Crippen molar-refractivity contribution in [2.24, 2.45) is 0 Å². The van der Waals surface area contributed by atoms with Gasteiger partial charge in [-0.3, -0.25) is 4.40 Å². The Kier molecular flexibility index (Phi) is 2.02. The molecule has 0 radical (unpaired) electrons. The summed E-state index contributed by atoms with van der Waals surface area (Å²) in [5, 5.41) is 8.86. The molecule has 2 heterocycles. The van der Waals surface area contributed by atoms with Crippen molar-refractivity contribution in [3.63, 3.8) is 0 Å². The normalized spacial score (nSPS) is 10.8. The molecule has 0 atom stereocenters. The van der Waals surface area contributed by atoms with Gasteiger partial charge < -0.3 is 5.11 Å². The third-order valence-electron chi connectivity index (χ3n) is 1.72. The lowest BCUT2D eigenvalue weighted by Crippen LogP contribution is -1.89. The summed E-state index contributed by atoms with van der Waals surface area (Å²) in [4.78, 5) is 4.17. The molecular weight excluding hydrogens is 267 g/mol. The van der Waals surface area contributed by atoms with Crippen molar-refractivity contribution in [2.45, 2.75) is 6.61 Å². The molecule has 0 aromatic carbocycles. The summed E-state index contributed by atoms with van der Waals surface area (Å²) >= 11 is 2.22. The van der Waals surface area contributed by atoms with Gasteiger partial charge in [0.25, 0.3) is 0 Å². The summed E-state index contributed by atoms with van der Waals surface area (Å²) in [6, 6.07) is 3.76. The molecular formula is C8H7IN2O. The van der Waals surface area contributed by atoms with Crippen LogP contribution in [0.15, 0.2) is 24.5 Å². The first kappa shape index (κ1) is 8.00. The predicted octanol–water partition coefficient (Wildman–Crippen LogP) is 1.43. The van der Waals surface area contributed by atoms with Crippen LogP contribution in [-0.4, -0.2) is 14.5 Å². The number of imidazole rings is 1. The highest BCUT2D eigenvalue weighted by Crippen LogP contribution is 2.10. The number of aliphatic hydroxyl groups excluding tert-OH is 1. The van der Waals surface area contributed by atoms with E-state index in [9.17, 15) is 0 Å². The number of fused-ring (bicyclic) bond motifs is 1. The first-order valence-corrected chi connectivity index (χ1v) is 4.61. The Morgan fingerprint density at radius 2 is 2.42 bits per heavy atom. The van der Waals surface area contributed by atoms with Gasteiger partial charge in [0.2, 0.25) is 0 Å². The smallest absolute Gasteiger partial charge is 0.137 e. The second kappa shape index (κ2) is 3.02. The molecule has 0 aliphatic rings. The third kappa shape index (κ3) is 1.21. The molecule has 1 N–H and O–H groups in total. The van der Waals surface area contributed by atoms with Crippen molar-refractivity contribution in [3.8, 4) is 0 Å². The maximum absolute atomic E-state index is 8.86. The molecule has 4 heteroatoms. The molecule has 2 aromatic heterocycles. The van der Waals surface area contributed by atoms with Gasteiger partial charge in [-0.15, -0.1) is 0 Å². The molecule has 3 nitrogen and oxygen atoms in total. The monoisotopic (exact) mass is 274 g/mol. The van der Waals surface area contributed by atoms with E-state index in [1.807, 2.05) is 22.7 Å². The van der Waals surface area contributed by atoms with Gasteiger partial charge in [-0.2, -0.15) is 0 Å². The minimum absolute atomic E-state index is 0.0694. The number of rotatable bonds is 1. The van der Waals surface area contributed by atoms with Crippen LogP contribution in [0.25, 0.3) is 5.65 Å². The van der Waals surface area contributed by atoms with Crippen LogP contribution in [0.5, 0.6) is 0 Å². The summed E-state index contributed by atoms with van der Waals surface area (Å²) in [5.74, 6) is 0. The molecule has 0 spiro atoms. The first-order chi connectivity index (χ1) is 5.81. The van der Waals surface area contributed by atoms with Gasteiger partial charge in [0.05, 0.1) is 12.8 Å². The fraction of sp³-hybridized carbons (Fsp3) is 0.125. The van der Waals surface area contributed by atoms with Crippen LogP contribution in [0.4, 0.5) is 0 Å². The van der Waals surface area contributed by atoms with E-state index in [0.717, 1.165) is 14.9 Å². The van der Waals surface area contributed by atoms with E-state index in [1.54, 1.807) is 6.20 Å². The van der Waals surface area contributed by atoms with Crippen molar-refractivity contribution in [3.05, 3.63) is 33.8 Å². The van der Waals surface area contributed by atoms with Crippen LogP contribution in [0.1, 0.15) is 5.56 Å². The zero-order valence-corrected chi connectivity index (χ0v) is 8.39. The lowest BCUT2D eigenvalue weighted by atomic mass is 10.3. The summed E-state index contributed by atoms with van der Waals surface area (Å²) < 4.78 is 3.05. The zero-order valence-electron chi connectivity index (χ0n) is 6.24. The molecule has 2 rings (SSSR count). The lowest BCUT2D eigenvalue weighted by molar-refractivity contribution is 0.282. The van der Waals surface area contributed by atoms with E-state index in [-0.39, 0.29) is 6.61 Å². The molecule has 0 bridgehead atoms. The van der Waals surface area contributed by atoms with Crippen LogP contribution >= 0.6 is 22.6 Å². The standard InChI is InChI=1S/C8H7IN2O/c9-7-4-10-8-3-6(5-12)1-2-11(7)8/h1-4,12H,5H2. The quantitative estimate of drug-likeness (QED) is 0.799. The van der Waals surface area contributed by atoms with E-state index in [0.29, 0.717) is 0 Å². The van der Waals surface area contributed by atoms with E-state index in [1.165, 1.54) is 0 Å². The van der Waals surface area contributed by atoms with Crippen LogP contribution in [0.2, 0.25) is 0 Å². The second-order valence-electron chi connectivity index (χ2n) is 2.50. The molecule has 2 aromatic rings. The van der Waals surface area contributed by atoms with E-state index >= 15 is 0 Å². The van der Waals surface area contributed by atoms with E-state index < -0.39 is 0 Å². The number of nitrogens with zero attached hydrogens (tertiary/aromatic N) is 2. The maximum atomic E-state index is 8.86. The SMILES string of the molecule is OCc1ccn2c(I)cnc2c1. The Labute approximate surface area is 83.2 Å². The average Bonchev–Trinajstić information content (AvgIpc) is 2.47. The molecule has 0 amide bonds. The average molecular weight is 274 g/mol. The van der Waals surface area contributed by atoms with Gasteiger partial charge in [-0.25, -0.2) is 4.98 Å². The Morgan fingerprint density at radius 1 is 1.58 bits per heavy atom. The molecule has 0 aliphatic carbocycles. The molecule has 0 unspecified atom stereocenters. The topological polar surface area (TPSA) is 37.5 Å². The summed E-state index contributed by atoms with van der Waals surface area (Å²) in [6.07, 6.45) is 3.71. The number of aromatic nitrogens is 2. The maximum Gasteiger partial charge on any atom is 0.137 e. The first-order valence-electron chi connectivity index (χ1n) is 3.53. The number of pyridine rings is 1. The van der Waals surface area contributed by atoms with Gasteiger partial charge in [-0.05, 0) is 40.3 Å². The molecule has 0 fully saturated rings. The number of aliphatic hydroxyl groups is 1. The third-order valence-corrected chi connectivity index (χ3v) is 2.51. The van der Waals surface area contributed by atoms with Crippen molar-refractivity contribution in [1.82, 2.24) is 9.38 Å². The van der Waals surface area contributed by atoms with Gasteiger partial charge in [0.1, 0.15) is 9.35 Å². The van der Waals surface area contributed by atoms with Crippen LogP contribution in [-0.2, 0) is 6.61 Å². The summed E-state index contributed by atoms with van der Waals surface area (Å²) in [6.45, 7) is 0.0694. The highest BCUT2D eigenvalue weighted by molar-refractivity contribution is 14.1. The fourth-order valence-corrected chi connectivity index (χ4v) is 1.64. The molecule has 0 saturated heterocycles. The van der Waals surface area contributed by atoms with Crippen molar-refractivity contribution >= 4 is 28.2 Å². The van der Waals surface area contributed by atoms with Crippen molar-refractivity contribution in [1.29, 1.82) is 0 Å². The van der Waals surface area contributed by atoms with Crippen LogP contribution in [0, 0.1) is 3.70 Å². The van der Waals surface area contributed by atoms with Crippen molar-refractivity contribution < 1.29 is 5.11 Å². The van der Waals surface area contributed by atoms with Gasteiger partial charge in [-0.1, -0.05) is 0 Å². The van der Waals surface area contributed by atoms with Gasteiger partial charge in [0.15, 0.2) is 0 Å². The lowest BCUT2D eigenvalue weighted by Gasteiger charge is -1.97. The molecule has 12 heavy (non-hydrogen) atoms. The van der Waals surface area contributed by atoms with Gasteiger partial charge >= 0.3 is 0 Å². The number of hydrogen-bond donors (Lipinski definition) is 1. The Hall–Kier alpha value is -0.620. The van der Waals surface area contributed by atoms with Crippen molar-refractivity contribution in [2.75, 3.05) is 0 Å². The fourth-order valence-electron chi connectivity index (χ4n) is 1.09. The largest absolute Gasteiger partial charge is 0.392 e. The van der Waals surface area contributed by atoms with E-state index in [4.69, 9.17) is 5.11 Å². The molecule has 0 saturated carbocycles. The minimum atomic E-state index is 0.0694. The summed E-state index contributed by atoms with van der Waals surface area (Å²) in [5.41, 5.74) is 1.77. The molecule has 0 aliphatic heterocycles. The number of halogens is 1. The van der Waals surface area contributed by atoms with Crippen LogP contribution in [0.3, 0.4) is 0 Å². The van der Waals surface area contributed by atoms with Crippen LogP contribution < -0.4 is 0 Å². The Bertz CT molecular complexity index is 410. The predicted molar refractivity (Wildman–Crippen MR) is 53.8 cm³/mol. The highest BCUT2D eigenvalue weighted by atomic mass is 127. The zero-order chi connectivity index (χ0) is 8.55. The Morgan fingerprint density at radius 3 is 3.17 bits per heavy atom. The highest BCUT2D eigenvalue weighted by Gasteiger charge is 1.99. The van der Waals surface area contributed by atoms with Gasteiger partial charge in [0, 0.05) is 6.20 Å². The Balaban J connectivity index is 2.69. The summed E-state index contributed by atoms with van der Waals surface area (Å²) in [7, 11) is 0. The molecule has 62 valence electrons. The minimum Gasteiger partial charge on any atom is -0.392 e. The second-order valence-corrected chi connectivity index (χ2v) is 3.61. The number of hydrogen-bond acceptors (Lipinski definition) is 2.